The van der Waals surface area contributed by atoms with Gasteiger partial charge in [-0.05, 0) is 45.4 Å². The number of hydrogen-bond donors (Lipinski definition) is 1. The van der Waals surface area contributed by atoms with Gasteiger partial charge in [-0.15, -0.1) is 0 Å². The lowest BCUT2D eigenvalue weighted by Crippen LogP contribution is -2.37. The van der Waals surface area contributed by atoms with Crippen molar-refractivity contribution in [2.45, 2.75) is 51.7 Å². The number of carbonyl (C=O) groups is 2. The highest BCUT2D eigenvalue weighted by Crippen LogP contribution is 2.53. The maximum absolute atomic E-state index is 12.0. The largest absolute Gasteiger partial charge is 0.481 e. The average Bonchev–Trinajstić information content (AvgIpc) is 2.68. The van der Waals surface area contributed by atoms with Crippen LogP contribution in [0.4, 0.5) is 4.79 Å². The van der Waals surface area contributed by atoms with Gasteiger partial charge in [-0.2, -0.15) is 0 Å². The first-order valence-corrected chi connectivity index (χ1v) is 6.51. The van der Waals surface area contributed by atoms with Gasteiger partial charge < -0.3 is 14.7 Å². The van der Waals surface area contributed by atoms with E-state index in [2.05, 4.69) is 0 Å². The van der Waals surface area contributed by atoms with E-state index in [0.717, 1.165) is 13.0 Å². The summed E-state index contributed by atoms with van der Waals surface area (Å²) in [5.41, 5.74) is -0.472. The number of likely N-dealkylation sites (tertiary alicyclic amines) is 1. The van der Waals surface area contributed by atoms with Crippen LogP contribution in [0.5, 0.6) is 0 Å². The minimum atomic E-state index is -0.760. The number of ether oxygens (including phenoxy) is 1. The standard InChI is InChI=1S/C13H21NO4/c1-13(2,3)18-12(17)14-7-6-9-8(11(9)14)4-5-10(15)16/h8-9,11H,4-7H2,1-3H3,(H,15,16)/t8?,9-,11+/m1/s1. The molecular formula is C13H21NO4. The van der Waals surface area contributed by atoms with Crippen molar-refractivity contribution in [2.24, 2.45) is 11.8 Å². The fourth-order valence-corrected chi connectivity index (χ4v) is 2.92. The third-order valence-electron chi connectivity index (χ3n) is 3.67. The second-order valence-corrected chi connectivity index (χ2v) is 6.21. The van der Waals surface area contributed by atoms with Crippen LogP contribution in [0.1, 0.15) is 40.0 Å². The SMILES string of the molecule is CC(C)(C)OC(=O)N1CC[C@@H]2C(CCC(=O)O)[C@@H]21. The summed E-state index contributed by atoms with van der Waals surface area (Å²) in [6.45, 7) is 6.31. The third-order valence-corrected chi connectivity index (χ3v) is 3.67. The molecule has 0 spiro atoms. The number of hydrogen-bond acceptors (Lipinski definition) is 3. The molecule has 0 bridgehead atoms. The van der Waals surface area contributed by atoms with Crippen LogP contribution in [0, 0.1) is 11.8 Å². The van der Waals surface area contributed by atoms with Crippen molar-refractivity contribution in [3.63, 3.8) is 0 Å². The summed E-state index contributed by atoms with van der Waals surface area (Å²) >= 11 is 0. The molecule has 5 nitrogen and oxygen atoms in total. The molecular weight excluding hydrogens is 234 g/mol. The highest BCUT2D eigenvalue weighted by atomic mass is 16.6. The molecule has 0 radical (unpaired) electrons. The summed E-state index contributed by atoms with van der Waals surface area (Å²) in [7, 11) is 0. The van der Waals surface area contributed by atoms with E-state index in [1.807, 2.05) is 20.8 Å². The number of carboxylic acids is 1. The third kappa shape index (κ3) is 2.76. The molecule has 2 rings (SSSR count). The first kappa shape index (κ1) is 13.2. The molecule has 1 unspecified atom stereocenters. The Labute approximate surface area is 107 Å². The lowest BCUT2D eigenvalue weighted by molar-refractivity contribution is -0.137. The average molecular weight is 255 g/mol. The monoisotopic (exact) mass is 255 g/mol. The first-order valence-electron chi connectivity index (χ1n) is 6.51. The van der Waals surface area contributed by atoms with Crippen molar-refractivity contribution >= 4 is 12.1 Å². The second kappa shape index (κ2) is 4.44. The van der Waals surface area contributed by atoms with Crippen molar-refractivity contribution < 1.29 is 19.4 Å². The molecule has 1 aliphatic heterocycles. The van der Waals surface area contributed by atoms with Crippen molar-refractivity contribution in [1.82, 2.24) is 4.90 Å². The first-order chi connectivity index (χ1) is 8.29. The number of amides is 1. The van der Waals surface area contributed by atoms with Gasteiger partial charge in [-0.3, -0.25) is 4.79 Å². The highest BCUT2D eigenvalue weighted by Gasteiger charge is 2.58. The summed E-state index contributed by atoms with van der Waals surface area (Å²) in [5.74, 6) is 0.100. The van der Waals surface area contributed by atoms with Gasteiger partial charge >= 0.3 is 12.1 Å². The molecule has 5 heteroatoms. The van der Waals surface area contributed by atoms with Crippen molar-refractivity contribution in [2.75, 3.05) is 6.54 Å². The summed E-state index contributed by atoms with van der Waals surface area (Å²) < 4.78 is 5.36. The van der Waals surface area contributed by atoms with Gasteiger partial charge in [0.1, 0.15) is 5.60 Å². The molecule has 0 aromatic rings. The zero-order valence-corrected chi connectivity index (χ0v) is 11.2. The van der Waals surface area contributed by atoms with Crippen LogP contribution in [-0.4, -0.2) is 40.3 Å². The number of piperidine rings is 1. The van der Waals surface area contributed by atoms with Gasteiger partial charge in [0.2, 0.25) is 0 Å². The van der Waals surface area contributed by atoms with Crippen LogP contribution in [0.15, 0.2) is 0 Å². The van der Waals surface area contributed by atoms with E-state index in [4.69, 9.17) is 9.84 Å². The Morgan fingerprint density at radius 1 is 1.39 bits per heavy atom. The lowest BCUT2D eigenvalue weighted by atomic mass is 10.1. The molecule has 102 valence electrons. The predicted octanol–water partition coefficient (Wildman–Crippen LogP) is 2.11. The molecule has 1 heterocycles. The van der Waals surface area contributed by atoms with Gasteiger partial charge in [-0.1, -0.05) is 0 Å². The zero-order valence-electron chi connectivity index (χ0n) is 11.2. The number of carboxylic acid groups (broad SMARTS) is 1. The topological polar surface area (TPSA) is 66.8 Å². The van der Waals surface area contributed by atoms with Gasteiger partial charge in [0.15, 0.2) is 0 Å². The molecule has 1 amide bonds. The fraction of sp³-hybridized carbons (Fsp3) is 0.846. The van der Waals surface area contributed by atoms with Crippen LogP contribution >= 0.6 is 0 Å². The molecule has 0 aromatic heterocycles. The van der Waals surface area contributed by atoms with Crippen LogP contribution in [0.2, 0.25) is 0 Å². The number of fused-ring (bicyclic) bond motifs is 1. The van der Waals surface area contributed by atoms with Gasteiger partial charge in [0, 0.05) is 19.0 Å². The van der Waals surface area contributed by atoms with E-state index in [1.54, 1.807) is 4.90 Å². The van der Waals surface area contributed by atoms with Crippen LogP contribution in [0.25, 0.3) is 0 Å². The van der Waals surface area contributed by atoms with Crippen molar-refractivity contribution in [3.8, 4) is 0 Å². The Morgan fingerprint density at radius 2 is 2.06 bits per heavy atom. The van der Waals surface area contributed by atoms with Gasteiger partial charge in [0.25, 0.3) is 0 Å². The summed E-state index contributed by atoms with van der Waals surface area (Å²) in [6, 6.07) is 0.221. The normalized spacial score (nSPS) is 29.9. The van der Waals surface area contributed by atoms with E-state index in [9.17, 15) is 9.59 Å². The second-order valence-electron chi connectivity index (χ2n) is 6.21. The zero-order chi connectivity index (χ0) is 13.5. The molecule has 1 N–H and O–H groups in total. The molecule has 1 saturated carbocycles. The molecule has 3 atom stereocenters. The molecule has 0 aromatic carbocycles. The van der Waals surface area contributed by atoms with Crippen molar-refractivity contribution in [1.29, 1.82) is 0 Å². The molecule has 18 heavy (non-hydrogen) atoms. The lowest BCUT2D eigenvalue weighted by Gasteiger charge is -2.26. The number of rotatable bonds is 3. The number of nitrogens with zero attached hydrogens (tertiary/aromatic N) is 1. The van der Waals surface area contributed by atoms with E-state index in [1.165, 1.54) is 0 Å². The van der Waals surface area contributed by atoms with Crippen LogP contribution in [-0.2, 0) is 9.53 Å². The van der Waals surface area contributed by atoms with E-state index in [-0.39, 0.29) is 18.6 Å². The maximum Gasteiger partial charge on any atom is 0.410 e. The van der Waals surface area contributed by atoms with Gasteiger partial charge in [0.05, 0.1) is 0 Å². The molecule has 2 aliphatic rings. The maximum atomic E-state index is 12.0. The fourth-order valence-electron chi connectivity index (χ4n) is 2.92. The van der Waals surface area contributed by atoms with E-state index >= 15 is 0 Å². The Morgan fingerprint density at radius 3 is 2.61 bits per heavy atom. The predicted molar refractivity (Wildman–Crippen MR) is 65.2 cm³/mol. The smallest absolute Gasteiger partial charge is 0.410 e. The van der Waals surface area contributed by atoms with Gasteiger partial charge in [-0.25, -0.2) is 4.79 Å². The van der Waals surface area contributed by atoms with Crippen molar-refractivity contribution in [3.05, 3.63) is 0 Å². The molecule has 1 aliphatic carbocycles. The molecule has 1 saturated heterocycles. The van der Waals surface area contributed by atoms with E-state index < -0.39 is 11.6 Å². The molecule has 2 fully saturated rings. The Kier molecular flexibility index (Phi) is 3.25. The van der Waals surface area contributed by atoms with E-state index in [0.29, 0.717) is 18.3 Å². The highest BCUT2D eigenvalue weighted by molar-refractivity contribution is 5.70. The Balaban J connectivity index is 1.86. The summed E-state index contributed by atoms with van der Waals surface area (Å²) in [5, 5.41) is 8.68. The summed E-state index contributed by atoms with van der Waals surface area (Å²) in [4.78, 5) is 24.3. The summed E-state index contributed by atoms with van der Waals surface area (Å²) in [6.07, 6.45) is 1.59. The Bertz CT molecular complexity index is 360. The quantitative estimate of drug-likeness (QED) is 0.838. The minimum Gasteiger partial charge on any atom is -0.481 e. The Hall–Kier alpha value is -1.26. The number of aliphatic carboxylic acids is 1. The van der Waals surface area contributed by atoms with Crippen LogP contribution in [0.3, 0.4) is 0 Å². The van der Waals surface area contributed by atoms with Crippen LogP contribution < -0.4 is 0 Å². The number of carbonyl (C=O) groups excluding carboxylic acids is 1. The minimum absolute atomic E-state index is 0.194.